The molecule has 0 aromatic heterocycles. The highest BCUT2D eigenvalue weighted by atomic mass is 32.2. The van der Waals surface area contributed by atoms with Crippen molar-refractivity contribution < 1.29 is 9.68 Å². The van der Waals surface area contributed by atoms with Gasteiger partial charge in [-0.15, -0.1) is 0 Å². The first kappa shape index (κ1) is 15.7. The van der Waals surface area contributed by atoms with Crippen LogP contribution in [0.1, 0.15) is 24.5 Å². The highest BCUT2D eigenvalue weighted by Crippen LogP contribution is 2.37. The number of benzene rings is 2. The van der Waals surface area contributed by atoms with Gasteiger partial charge in [0.2, 0.25) is 0 Å². The summed E-state index contributed by atoms with van der Waals surface area (Å²) in [7, 11) is 0. The normalized spacial score (nSPS) is 23.5. The molecular weight excluding hydrogens is 316 g/mol. The number of hydrogen-bond donors (Lipinski definition) is 1. The smallest absolute Gasteiger partial charge is 0.316 e. The van der Waals surface area contributed by atoms with Gasteiger partial charge in [0.05, 0.1) is 6.54 Å². The molecule has 0 unspecified atom stereocenters. The van der Waals surface area contributed by atoms with E-state index in [1.54, 1.807) is 0 Å². The van der Waals surface area contributed by atoms with Crippen LogP contribution in [0.5, 0.6) is 0 Å². The Labute approximate surface area is 147 Å². The van der Waals surface area contributed by atoms with Crippen molar-refractivity contribution in [1.82, 2.24) is 0 Å². The minimum atomic E-state index is -0.954. The van der Waals surface area contributed by atoms with E-state index >= 15 is 0 Å². The molecule has 0 radical (unpaired) electrons. The minimum Gasteiger partial charge on any atom is -0.346 e. The van der Waals surface area contributed by atoms with Gasteiger partial charge in [-0.25, -0.2) is 9.48 Å². The molecule has 4 rings (SSSR count). The number of amidine groups is 1. The van der Waals surface area contributed by atoms with Crippen LogP contribution in [0.3, 0.4) is 0 Å². The van der Waals surface area contributed by atoms with Crippen LogP contribution < -0.4 is 4.90 Å². The first-order valence-corrected chi connectivity index (χ1v) is 9.63. The number of aliphatic hydroxyl groups is 1. The fourth-order valence-electron chi connectivity index (χ4n) is 3.56. The van der Waals surface area contributed by atoms with E-state index in [1.165, 1.54) is 10.7 Å². The number of β-amino-alcohol motifs (C(OH)–C–C–N with tert-alkyl or cyclic N) is 1. The number of anilines is 1. The molecule has 2 aromatic carbocycles. The standard InChI is InChI=1S/C20H23N2OS/c1-2-16-9-11-17(12-10-16)20(23)15-21(18-7-4-3-5-8-18)19-22(20)13-6-14-24-19/h3-5,7-12,23H,2,6,13-15H2,1H3/q+1/t20-/m1/s1. The van der Waals surface area contributed by atoms with E-state index in [0.717, 1.165) is 36.4 Å². The highest BCUT2D eigenvalue weighted by Gasteiger charge is 2.53. The predicted octanol–water partition coefficient (Wildman–Crippen LogP) is 3.42. The molecule has 2 aromatic rings. The summed E-state index contributed by atoms with van der Waals surface area (Å²) in [6, 6.07) is 18.8. The molecule has 0 saturated heterocycles. The molecule has 2 aliphatic heterocycles. The second-order valence-corrected chi connectivity index (χ2v) is 7.49. The van der Waals surface area contributed by atoms with Crippen molar-refractivity contribution >= 4 is 22.6 Å². The lowest BCUT2D eigenvalue weighted by atomic mass is 10.00. The van der Waals surface area contributed by atoms with Crippen molar-refractivity contribution in [3.63, 3.8) is 0 Å². The third kappa shape index (κ3) is 2.54. The summed E-state index contributed by atoms with van der Waals surface area (Å²) < 4.78 is 2.19. The maximum atomic E-state index is 11.6. The fraction of sp³-hybridized carbons (Fsp3) is 0.350. The van der Waals surface area contributed by atoms with Gasteiger partial charge in [0.25, 0.3) is 5.72 Å². The quantitative estimate of drug-likeness (QED) is 0.868. The summed E-state index contributed by atoms with van der Waals surface area (Å²) >= 11 is 1.85. The number of para-hydroxylation sites is 1. The van der Waals surface area contributed by atoms with Gasteiger partial charge < -0.3 is 5.11 Å². The summed E-state index contributed by atoms with van der Waals surface area (Å²) in [6.45, 7) is 3.63. The van der Waals surface area contributed by atoms with Gasteiger partial charge in [0, 0.05) is 11.3 Å². The molecule has 0 fully saturated rings. The van der Waals surface area contributed by atoms with E-state index < -0.39 is 5.72 Å². The molecular formula is C20H23N2OS+. The van der Waals surface area contributed by atoms with Crippen molar-refractivity contribution in [3.8, 4) is 0 Å². The van der Waals surface area contributed by atoms with Crippen LogP contribution in [0.4, 0.5) is 5.69 Å². The number of rotatable bonds is 3. The zero-order chi connectivity index (χ0) is 16.6. The lowest BCUT2D eigenvalue weighted by Crippen LogP contribution is -2.41. The van der Waals surface area contributed by atoms with Crippen LogP contribution in [0, 0.1) is 0 Å². The summed E-state index contributed by atoms with van der Waals surface area (Å²) in [5.41, 5.74) is 2.48. The first-order valence-electron chi connectivity index (χ1n) is 8.64. The van der Waals surface area contributed by atoms with Crippen LogP contribution in [-0.4, -0.2) is 33.7 Å². The SMILES string of the molecule is CCc1ccc([C@]2(O)CN(c3ccccc3)C3=[N+]2CCCS3)cc1. The Bertz CT molecular complexity index is 757. The molecule has 1 atom stereocenters. The molecule has 2 heterocycles. The molecule has 0 bridgehead atoms. The molecule has 1 N–H and O–H groups in total. The summed E-state index contributed by atoms with van der Waals surface area (Å²) in [5, 5.41) is 12.8. The van der Waals surface area contributed by atoms with Gasteiger partial charge in [-0.3, -0.25) is 0 Å². The predicted molar refractivity (Wildman–Crippen MR) is 101 cm³/mol. The van der Waals surface area contributed by atoms with Gasteiger partial charge in [-0.05, 0) is 42.3 Å². The lowest BCUT2D eigenvalue weighted by Gasteiger charge is -2.24. The lowest BCUT2D eigenvalue weighted by molar-refractivity contribution is -0.656. The second-order valence-electron chi connectivity index (χ2n) is 6.43. The first-order chi connectivity index (χ1) is 11.7. The van der Waals surface area contributed by atoms with E-state index in [0.29, 0.717) is 6.54 Å². The van der Waals surface area contributed by atoms with Gasteiger partial charge in [0.15, 0.2) is 6.54 Å². The van der Waals surface area contributed by atoms with Crippen molar-refractivity contribution in [2.75, 3.05) is 23.7 Å². The molecule has 124 valence electrons. The number of nitrogens with zero attached hydrogens (tertiary/aromatic N) is 2. The molecule has 24 heavy (non-hydrogen) atoms. The van der Waals surface area contributed by atoms with E-state index in [-0.39, 0.29) is 0 Å². The van der Waals surface area contributed by atoms with Gasteiger partial charge in [0.1, 0.15) is 5.69 Å². The zero-order valence-corrected chi connectivity index (χ0v) is 14.8. The molecule has 4 heteroatoms. The van der Waals surface area contributed by atoms with E-state index in [2.05, 4.69) is 64.9 Å². The average molecular weight is 339 g/mol. The van der Waals surface area contributed by atoms with E-state index in [1.807, 2.05) is 17.8 Å². The molecule has 2 aliphatic rings. The van der Waals surface area contributed by atoms with Crippen molar-refractivity contribution in [2.45, 2.75) is 25.5 Å². The van der Waals surface area contributed by atoms with Crippen molar-refractivity contribution in [1.29, 1.82) is 0 Å². The van der Waals surface area contributed by atoms with Gasteiger partial charge in [-0.2, -0.15) is 0 Å². The Morgan fingerprint density at radius 2 is 1.88 bits per heavy atom. The summed E-state index contributed by atoms with van der Waals surface area (Å²) in [4.78, 5) is 2.26. The highest BCUT2D eigenvalue weighted by molar-refractivity contribution is 8.13. The number of aryl methyl sites for hydroxylation is 1. The maximum absolute atomic E-state index is 11.6. The Kier molecular flexibility index (Phi) is 4.10. The monoisotopic (exact) mass is 339 g/mol. The Morgan fingerprint density at radius 3 is 2.58 bits per heavy atom. The maximum Gasteiger partial charge on any atom is 0.316 e. The number of thioether (sulfide) groups is 1. The van der Waals surface area contributed by atoms with Crippen LogP contribution >= 0.6 is 11.8 Å². The Hall–Kier alpha value is -1.78. The fourth-order valence-corrected chi connectivity index (χ4v) is 4.74. The van der Waals surface area contributed by atoms with Crippen LogP contribution in [0.25, 0.3) is 0 Å². The van der Waals surface area contributed by atoms with Crippen LogP contribution in [-0.2, 0) is 12.1 Å². The third-order valence-electron chi connectivity index (χ3n) is 4.94. The Morgan fingerprint density at radius 1 is 1.12 bits per heavy atom. The molecule has 3 nitrogen and oxygen atoms in total. The third-order valence-corrected chi connectivity index (χ3v) is 6.13. The van der Waals surface area contributed by atoms with E-state index in [9.17, 15) is 5.11 Å². The molecule has 0 spiro atoms. The van der Waals surface area contributed by atoms with Gasteiger partial charge in [-0.1, -0.05) is 49.4 Å². The van der Waals surface area contributed by atoms with Crippen LogP contribution in [0.15, 0.2) is 54.6 Å². The second kappa shape index (κ2) is 6.26. The number of hydrogen-bond acceptors (Lipinski definition) is 3. The average Bonchev–Trinajstić information content (AvgIpc) is 2.97. The molecule has 0 saturated carbocycles. The van der Waals surface area contributed by atoms with E-state index in [4.69, 9.17) is 0 Å². The topological polar surface area (TPSA) is 26.5 Å². The zero-order valence-electron chi connectivity index (χ0n) is 14.0. The van der Waals surface area contributed by atoms with Crippen LogP contribution in [0.2, 0.25) is 0 Å². The minimum absolute atomic E-state index is 0.574. The van der Waals surface area contributed by atoms with Crippen molar-refractivity contribution in [2.24, 2.45) is 0 Å². The molecule has 0 amide bonds. The molecule has 0 aliphatic carbocycles. The largest absolute Gasteiger partial charge is 0.346 e. The van der Waals surface area contributed by atoms with Crippen molar-refractivity contribution in [3.05, 3.63) is 65.7 Å². The summed E-state index contributed by atoms with van der Waals surface area (Å²) in [6.07, 6.45) is 2.12. The van der Waals surface area contributed by atoms with Gasteiger partial charge >= 0.3 is 5.17 Å². The Balaban J connectivity index is 1.77. The summed E-state index contributed by atoms with van der Waals surface area (Å²) in [5.74, 6) is 1.11.